The lowest BCUT2D eigenvalue weighted by Gasteiger charge is -2.11. The van der Waals surface area contributed by atoms with Gasteiger partial charge >= 0.3 is 0 Å². The largest absolute Gasteiger partial charge is 0.355 e. The second kappa shape index (κ2) is 6.89. The maximum atomic E-state index is 11.3. The Morgan fingerprint density at radius 1 is 1.23 bits per heavy atom. The molecule has 1 amide bonds. The summed E-state index contributed by atoms with van der Waals surface area (Å²) in [4.78, 5) is 11.3. The minimum Gasteiger partial charge on any atom is -0.355 e. The number of hydrogen-bond acceptors (Lipinski definition) is 2. The molecule has 0 saturated heterocycles. The molecule has 0 spiro atoms. The van der Waals surface area contributed by atoms with Crippen LogP contribution in [-0.4, -0.2) is 25.0 Å². The Morgan fingerprint density at radius 2 is 1.85 bits per heavy atom. The first kappa shape index (κ1) is 12.4. The molecular formula is C10H22N2O. The molecule has 0 aromatic rings. The zero-order valence-corrected chi connectivity index (χ0v) is 9.18. The van der Waals surface area contributed by atoms with Gasteiger partial charge in [-0.1, -0.05) is 27.7 Å². The lowest BCUT2D eigenvalue weighted by molar-refractivity contribution is -0.124. The smallest absolute Gasteiger partial charge is 0.222 e. The zero-order chi connectivity index (χ0) is 10.3. The second-order valence-corrected chi connectivity index (χ2v) is 3.71. The average Bonchev–Trinajstić information content (AvgIpc) is 2.10. The Bertz CT molecular complexity index is 146. The molecule has 3 nitrogen and oxygen atoms in total. The van der Waals surface area contributed by atoms with E-state index in [1.807, 2.05) is 13.8 Å². The quantitative estimate of drug-likeness (QED) is 0.611. The van der Waals surface area contributed by atoms with Crippen LogP contribution in [0.25, 0.3) is 0 Å². The highest BCUT2D eigenvalue weighted by Crippen LogP contribution is 1.98. The standard InChI is InChI=1S/C10H22N2O/c1-5-9(4)10(13)12-7-6-11-8(2)3/h8-9,11H,5-7H2,1-4H3,(H,12,13). The van der Waals surface area contributed by atoms with Crippen LogP contribution in [0.4, 0.5) is 0 Å². The monoisotopic (exact) mass is 186 g/mol. The van der Waals surface area contributed by atoms with E-state index in [1.54, 1.807) is 0 Å². The van der Waals surface area contributed by atoms with E-state index in [9.17, 15) is 4.79 Å². The van der Waals surface area contributed by atoms with Crippen LogP contribution >= 0.6 is 0 Å². The fraction of sp³-hybridized carbons (Fsp3) is 0.900. The molecule has 2 N–H and O–H groups in total. The first-order chi connectivity index (χ1) is 6.07. The third-order valence-corrected chi connectivity index (χ3v) is 2.04. The summed E-state index contributed by atoms with van der Waals surface area (Å²) >= 11 is 0. The van der Waals surface area contributed by atoms with Crippen molar-refractivity contribution >= 4 is 5.91 Å². The molecular weight excluding hydrogens is 164 g/mol. The summed E-state index contributed by atoms with van der Waals surface area (Å²) in [6.45, 7) is 9.73. The number of carbonyl (C=O) groups is 1. The fourth-order valence-electron chi connectivity index (χ4n) is 0.906. The molecule has 1 atom stereocenters. The normalized spacial score (nSPS) is 13.0. The van der Waals surface area contributed by atoms with E-state index in [-0.39, 0.29) is 11.8 Å². The van der Waals surface area contributed by atoms with Crippen LogP contribution in [0, 0.1) is 5.92 Å². The van der Waals surface area contributed by atoms with Gasteiger partial charge in [0.05, 0.1) is 0 Å². The molecule has 0 aliphatic rings. The van der Waals surface area contributed by atoms with E-state index in [1.165, 1.54) is 0 Å². The number of rotatable bonds is 6. The molecule has 1 unspecified atom stereocenters. The van der Waals surface area contributed by atoms with Crippen LogP contribution in [0.1, 0.15) is 34.1 Å². The van der Waals surface area contributed by atoms with Gasteiger partial charge in [-0.05, 0) is 6.42 Å². The molecule has 0 bridgehead atoms. The van der Waals surface area contributed by atoms with Gasteiger partial charge in [0, 0.05) is 25.0 Å². The zero-order valence-electron chi connectivity index (χ0n) is 9.18. The predicted octanol–water partition coefficient (Wildman–Crippen LogP) is 1.15. The highest BCUT2D eigenvalue weighted by atomic mass is 16.1. The van der Waals surface area contributed by atoms with Crippen LogP contribution in [0.2, 0.25) is 0 Å². The van der Waals surface area contributed by atoms with Crippen molar-refractivity contribution in [2.24, 2.45) is 5.92 Å². The number of amides is 1. The van der Waals surface area contributed by atoms with Gasteiger partial charge in [-0.15, -0.1) is 0 Å². The lowest BCUT2D eigenvalue weighted by Crippen LogP contribution is -2.36. The Morgan fingerprint density at radius 3 is 2.31 bits per heavy atom. The second-order valence-electron chi connectivity index (χ2n) is 3.71. The molecule has 0 rings (SSSR count). The Hall–Kier alpha value is -0.570. The van der Waals surface area contributed by atoms with E-state index in [2.05, 4.69) is 24.5 Å². The molecule has 13 heavy (non-hydrogen) atoms. The van der Waals surface area contributed by atoms with Crippen molar-refractivity contribution in [2.45, 2.75) is 40.2 Å². The highest BCUT2D eigenvalue weighted by Gasteiger charge is 2.08. The molecule has 0 heterocycles. The number of carbonyl (C=O) groups excluding carboxylic acids is 1. The fourth-order valence-corrected chi connectivity index (χ4v) is 0.906. The Kier molecular flexibility index (Phi) is 6.59. The van der Waals surface area contributed by atoms with Crippen molar-refractivity contribution in [3.05, 3.63) is 0 Å². The molecule has 0 radical (unpaired) electrons. The van der Waals surface area contributed by atoms with Crippen LogP contribution in [-0.2, 0) is 4.79 Å². The summed E-state index contributed by atoms with van der Waals surface area (Å²) in [5.74, 6) is 0.298. The van der Waals surface area contributed by atoms with Crippen LogP contribution in [0.5, 0.6) is 0 Å². The first-order valence-corrected chi connectivity index (χ1v) is 5.09. The van der Waals surface area contributed by atoms with E-state index in [4.69, 9.17) is 0 Å². The molecule has 78 valence electrons. The van der Waals surface area contributed by atoms with Crippen molar-refractivity contribution < 1.29 is 4.79 Å². The molecule has 0 saturated carbocycles. The van der Waals surface area contributed by atoms with E-state index >= 15 is 0 Å². The average molecular weight is 186 g/mol. The summed E-state index contributed by atoms with van der Waals surface area (Å²) in [7, 11) is 0. The van der Waals surface area contributed by atoms with Gasteiger partial charge in [-0.3, -0.25) is 4.79 Å². The van der Waals surface area contributed by atoms with Gasteiger partial charge < -0.3 is 10.6 Å². The van der Waals surface area contributed by atoms with E-state index in [0.29, 0.717) is 6.04 Å². The van der Waals surface area contributed by atoms with Gasteiger partial charge in [-0.25, -0.2) is 0 Å². The predicted molar refractivity (Wildman–Crippen MR) is 55.6 cm³/mol. The third kappa shape index (κ3) is 6.58. The number of nitrogens with one attached hydrogen (secondary N) is 2. The molecule has 3 heteroatoms. The summed E-state index contributed by atoms with van der Waals surface area (Å²) in [5.41, 5.74) is 0. The van der Waals surface area contributed by atoms with Gasteiger partial charge in [-0.2, -0.15) is 0 Å². The Labute approximate surface area is 81.3 Å². The van der Waals surface area contributed by atoms with Gasteiger partial charge in [0.15, 0.2) is 0 Å². The van der Waals surface area contributed by atoms with E-state index in [0.717, 1.165) is 19.5 Å². The van der Waals surface area contributed by atoms with Crippen molar-refractivity contribution in [3.8, 4) is 0 Å². The topological polar surface area (TPSA) is 41.1 Å². The molecule has 0 aromatic heterocycles. The van der Waals surface area contributed by atoms with Crippen LogP contribution in [0.3, 0.4) is 0 Å². The van der Waals surface area contributed by atoms with Crippen molar-refractivity contribution in [2.75, 3.05) is 13.1 Å². The number of hydrogen-bond donors (Lipinski definition) is 2. The SMILES string of the molecule is CCC(C)C(=O)NCCNC(C)C. The van der Waals surface area contributed by atoms with Gasteiger partial charge in [0.25, 0.3) is 0 Å². The van der Waals surface area contributed by atoms with E-state index < -0.39 is 0 Å². The maximum Gasteiger partial charge on any atom is 0.222 e. The van der Waals surface area contributed by atoms with Gasteiger partial charge in [0.1, 0.15) is 0 Å². The van der Waals surface area contributed by atoms with Crippen molar-refractivity contribution in [1.82, 2.24) is 10.6 Å². The minimum absolute atomic E-state index is 0.138. The van der Waals surface area contributed by atoms with Crippen molar-refractivity contribution in [1.29, 1.82) is 0 Å². The molecule has 0 aromatic carbocycles. The highest BCUT2D eigenvalue weighted by molar-refractivity contribution is 5.78. The third-order valence-electron chi connectivity index (χ3n) is 2.04. The summed E-state index contributed by atoms with van der Waals surface area (Å²) < 4.78 is 0. The summed E-state index contributed by atoms with van der Waals surface area (Å²) in [6.07, 6.45) is 0.906. The van der Waals surface area contributed by atoms with Crippen LogP contribution < -0.4 is 10.6 Å². The van der Waals surface area contributed by atoms with Gasteiger partial charge in [0.2, 0.25) is 5.91 Å². The minimum atomic E-state index is 0.138. The summed E-state index contributed by atoms with van der Waals surface area (Å²) in [6, 6.07) is 0.487. The molecule has 0 aliphatic carbocycles. The first-order valence-electron chi connectivity index (χ1n) is 5.09. The Balaban J connectivity index is 3.37. The molecule has 0 fully saturated rings. The van der Waals surface area contributed by atoms with Crippen molar-refractivity contribution in [3.63, 3.8) is 0 Å². The molecule has 0 aliphatic heterocycles. The lowest BCUT2D eigenvalue weighted by atomic mass is 10.1. The van der Waals surface area contributed by atoms with Crippen LogP contribution in [0.15, 0.2) is 0 Å². The maximum absolute atomic E-state index is 11.3. The summed E-state index contributed by atoms with van der Waals surface area (Å²) in [5, 5.41) is 6.13.